The molecule has 0 fully saturated rings. The molecule has 1 aromatic rings. The monoisotopic (exact) mass is 217 g/mol. The van der Waals surface area contributed by atoms with Gasteiger partial charge in [0.15, 0.2) is 0 Å². The fraction of sp³-hybridized carbons (Fsp3) is 0.545. The van der Waals surface area contributed by atoms with Crippen LogP contribution in [0.4, 0.5) is 13.2 Å². The summed E-state index contributed by atoms with van der Waals surface area (Å²) in [6.07, 6.45) is -1.49. The Morgan fingerprint density at radius 3 is 2.27 bits per heavy atom. The first-order valence-corrected chi connectivity index (χ1v) is 4.91. The van der Waals surface area contributed by atoms with Crippen LogP contribution in [0.5, 0.6) is 0 Å². The van der Waals surface area contributed by atoms with Crippen LogP contribution in [0, 0.1) is 0 Å². The number of alkyl halides is 3. The quantitative estimate of drug-likeness (QED) is 0.734. The molecule has 0 unspecified atom stereocenters. The fourth-order valence-corrected chi connectivity index (χ4v) is 1.64. The van der Waals surface area contributed by atoms with Gasteiger partial charge in [0.2, 0.25) is 0 Å². The summed E-state index contributed by atoms with van der Waals surface area (Å²) in [5, 5.41) is 0. The normalized spacial score (nSPS) is 12.2. The molecule has 0 aromatic carbocycles. The molecule has 4 heteroatoms. The van der Waals surface area contributed by atoms with Gasteiger partial charge < -0.3 is 0 Å². The van der Waals surface area contributed by atoms with Gasteiger partial charge in [0.05, 0.1) is 5.56 Å². The van der Waals surface area contributed by atoms with Crippen molar-refractivity contribution < 1.29 is 13.2 Å². The molecule has 0 N–H and O–H groups in total. The molecule has 0 spiro atoms. The van der Waals surface area contributed by atoms with Crippen molar-refractivity contribution in [1.82, 2.24) is 4.98 Å². The van der Waals surface area contributed by atoms with Crippen molar-refractivity contribution >= 4 is 0 Å². The first-order valence-electron chi connectivity index (χ1n) is 4.91. The molecule has 1 rings (SSSR count). The summed E-state index contributed by atoms with van der Waals surface area (Å²) in [6, 6.07) is 0. The minimum Gasteiger partial charge on any atom is -0.264 e. The molecular weight excluding hydrogens is 203 g/mol. The lowest BCUT2D eigenvalue weighted by molar-refractivity contribution is -0.138. The number of hydrogen-bond acceptors (Lipinski definition) is 1. The number of hydrogen-bond donors (Lipinski definition) is 0. The van der Waals surface area contributed by atoms with Crippen LogP contribution in [-0.2, 0) is 12.6 Å². The molecule has 0 aliphatic heterocycles. The van der Waals surface area contributed by atoms with E-state index in [1.165, 1.54) is 6.20 Å². The summed E-state index contributed by atoms with van der Waals surface area (Å²) in [4.78, 5) is 3.66. The van der Waals surface area contributed by atoms with Gasteiger partial charge in [0.1, 0.15) is 0 Å². The molecule has 15 heavy (non-hydrogen) atoms. The van der Waals surface area contributed by atoms with Gasteiger partial charge in [0, 0.05) is 12.4 Å². The highest BCUT2D eigenvalue weighted by molar-refractivity contribution is 5.35. The molecule has 84 valence electrons. The molecule has 0 bridgehead atoms. The van der Waals surface area contributed by atoms with E-state index < -0.39 is 11.7 Å². The van der Waals surface area contributed by atoms with Crippen molar-refractivity contribution in [2.24, 2.45) is 0 Å². The Bertz CT molecular complexity index is 342. The topological polar surface area (TPSA) is 12.9 Å². The van der Waals surface area contributed by atoms with Crippen molar-refractivity contribution in [3.8, 4) is 0 Å². The van der Waals surface area contributed by atoms with E-state index >= 15 is 0 Å². The highest BCUT2D eigenvalue weighted by atomic mass is 19.4. The predicted octanol–water partition coefficient (Wildman–Crippen LogP) is 3.79. The van der Waals surface area contributed by atoms with Crippen LogP contribution in [-0.4, -0.2) is 4.98 Å². The van der Waals surface area contributed by atoms with E-state index in [1.807, 2.05) is 13.8 Å². The second-order valence-corrected chi connectivity index (χ2v) is 3.76. The van der Waals surface area contributed by atoms with E-state index in [-0.39, 0.29) is 5.92 Å². The lowest BCUT2D eigenvalue weighted by Gasteiger charge is -2.16. The van der Waals surface area contributed by atoms with Crippen molar-refractivity contribution in [3.63, 3.8) is 0 Å². The lowest BCUT2D eigenvalue weighted by atomic mass is 9.94. The number of aromatic nitrogens is 1. The SMILES string of the molecule is CCc1c(C(C)C)cncc1C(F)(F)F. The molecular formula is C11H14F3N. The Balaban J connectivity index is 3.35. The van der Waals surface area contributed by atoms with Crippen molar-refractivity contribution in [1.29, 1.82) is 0 Å². The van der Waals surface area contributed by atoms with Gasteiger partial charge in [-0.1, -0.05) is 20.8 Å². The Morgan fingerprint density at radius 1 is 1.27 bits per heavy atom. The molecule has 0 aliphatic rings. The van der Waals surface area contributed by atoms with E-state index in [4.69, 9.17) is 0 Å². The zero-order chi connectivity index (χ0) is 11.6. The number of nitrogens with zero attached hydrogens (tertiary/aromatic N) is 1. The van der Waals surface area contributed by atoms with Gasteiger partial charge in [-0.3, -0.25) is 4.98 Å². The van der Waals surface area contributed by atoms with Gasteiger partial charge in [0.25, 0.3) is 0 Å². The summed E-state index contributed by atoms with van der Waals surface area (Å²) in [5.74, 6) is 0.0646. The van der Waals surface area contributed by atoms with Gasteiger partial charge in [-0.05, 0) is 23.5 Å². The van der Waals surface area contributed by atoms with Crippen LogP contribution in [0.1, 0.15) is 43.4 Å². The maximum Gasteiger partial charge on any atom is 0.418 e. The van der Waals surface area contributed by atoms with Crippen LogP contribution in [0.15, 0.2) is 12.4 Å². The van der Waals surface area contributed by atoms with E-state index in [0.717, 1.165) is 6.20 Å². The largest absolute Gasteiger partial charge is 0.418 e. The third-order valence-corrected chi connectivity index (χ3v) is 2.37. The first-order chi connectivity index (χ1) is 6.88. The number of halogens is 3. The van der Waals surface area contributed by atoms with Gasteiger partial charge in [-0.2, -0.15) is 13.2 Å². The highest BCUT2D eigenvalue weighted by Crippen LogP contribution is 2.34. The maximum atomic E-state index is 12.6. The Kier molecular flexibility index (Phi) is 3.37. The first kappa shape index (κ1) is 12.0. The molecule has 0 saturated heterocycles. The van der Waals surface area contributed by atoms with Gasteiger partial charge >= 0.3 is 6.18 Å². The van der Waals surface area contributed by atoms with E-state index in [2.05, 4.69) is 4.98 Å². The third-order valence-electron chi connectivity index (χ3n) is 2.37. The van der Waals surface area contributed by atoms with E-state index in [9.17, 15) is 13.2 Å². The Hall–Kier alpha value is -1.06. The predicted molar refractivity (Wildman–Crippen MR) is 52.7 cm³/mol. The maximum absolute atomic E-state index is 12.6. The van der Waals surface area contributed by atoms with Crippen LogP contribution >= 0.6 is 0 Å². The van der Waals surface area contributed by atoms with Crippen LogP contribution in [0.2, 0.25) is 0 Å². The van der Waals surface area contributed by atoms with Crippen LogP contribution < -0.4 is 0 Å². The van der Waals surface area contributed by atoms with Crippen molar-refractivity contribution in [3.05, 3.63) is 29.1 Å². The zero-order valence-electron chi connectivity index (χ0n) is 9.02. The summed E-state index contributed by atoms with van der Waals surface area (Å²) >= 11 is 0. The van der Waals surface area contributed by atoms with Crippen molar-refractivity contribution in [2.75, 3.05) is 0 Å². The second-order valence-electron chi connectivity index (χ2n) is 3.76. The Morgan fingerprint density at radius 2 is 1.87 bits per heavy atom. The summed E-state index contributed by atoms with van der Waals surface area (Å²) in [6.45, 7) is 5.48. The summed E-state index contributed by atoms with van der Waals surface area (Å²) in [7, 11) is 0. The van der Waals surface area contributed by atoms with Crippen molar-refractivity contribution in [2.45, 2.75) is 39.3 Å². The fourth-order valence-electron chi connectivity index (χ4n) is 1.64. The highest BCUT2D eigenvalue weighted by Gasteiger charge is 2.34. The lowest BCUT2D eigenvalue weighted by Crippen LogP contribution is -2.12. The number of pyridine rings is 1. The van der Waals surface area contributed by atoms with E-state index in [1.54, 1.807) is 6.92 Å². The second kappa shape index (κ2) is 4.21. The Labute approximate surface area is 87.3 Å². The van der Waals surface area contributed by atoms with Crippen LogP contribution in [0.25, 0.3) is 0 Å². The summed E-state index contributed by atoms with van der Waals surface area (Å²) < 4.78 is 37.9. The zero-order valence-corrected chi connectivity index (χ0v) is 9.02. The molecule has 0 radical (unpaired) electrons. The standard InChI is InChI=1S/C11H14F3N/c1-4-8-9(7(2)3)5-15-6-10(8)11(12,13)14/h5-7H,4H2,1-3H3. The van der Waals surface area contributed by atoms with Gasteiger partial charge in [-0.25, -0.2) is 0 Å². The molecule has 0 atom stereocenters. The summed E-state index contributed by atoms with van der Waals surface area (Å²) in [5.41, 5.74) is 0.455. The number of rotatable bonds is 2. The molecule has 1 nitrogen and oxygen atoms in total. The molecule has 0 amide bonds. The third kappa shape index (κ3) is 2.49. The molecule has 0 saturated carbocycles. The van der Waals surface area contributed by atoms with Gasteiger partial charge in [-0.15, -0.1) is 0 Å². The molecule has 1 heterocycles. The van der Waals surface area contributed by atoms with Crippen LogP contribution in [0.3, 0.4) is 0 Å². The molecule has 1 aromatic heterocycles. The minimum absolute atomic E-state index is 0.0646. The smallest absolute Gasteiger partial charge is 0.264 e. The minimum atomic E-state index is -4.30. The average Bonchev–Trinajstić information content (AvgIpc) is 2.15. The average molecular weight is 217 g/mol. The van der Waals surface area contributed by atoms with E-state index in [0.29, 0.717) is 17.5 Å². The molecule has 0 aliphatic carbocycles.